The monoisotopic (exact) mass is 379 g/mol. The van der Waals surface area contributed by atoms with Gasteiger partial charge in [-0.05, 0) is 24.3 Å². The molecule has 1 amide bonds. The molecule has 0 aliphatic heterocycles. The molecule has 122 valence electrons. The number of hydrogen-bond acceptors (Lipinski definition) is 5. The molecule has 1 aromatic carbocycles. The first-order valence-electron chi connectivity index (χ1n) is 6.78. The first-order chi connectivity index (χ1) is 11.6. The number of hydrogen-bond donors (Lipinski definition) is 3. The van der Waals surface area contributed by atoms with Crippen LogP contribution in [0.4, 0.5) is 10.8 Å². The van der Waals surface area contributed by atoms with Crippen LogP contribution in [-0.4, -0.2) is 22.1 Å². The Bertz CT molecular complexity index is 876. The van der Waals surface area contributed by atoms with Crippen molar-refractivity contribution in [3.05, 3.63) is 63.3 Å². The predicted molar refractivity (Wildman–Crippen MR) is 97.7 cm³/mol. The van der Waals surface area contributed by atoms with Crippen LogP contribution in [0.3, 0.4) is 0 Å². The van der Waals surface area contributed by atoms with Gasteiger partial charge >= 0.3 is 0 Å². The Labute approximate surface area is 151 Å². The number of hydrazone groups is 1. The van der Waals surface area contributed by atoms with Gasteiger partial charge in [0.05, 0.1) is 21.8 Å². The van der Waals surface area contributed by atoms with Crippen molar-refractivity contribution >= 4 is 57.5 Å². The van der Waals surface area contributed by atoms with Gasteiger partial charge in [-0.2, -0.15) is 5.10 Å². The molecule has 3 aromatic rings. The molecule has 2 aromatic heterocycles. The summed E-state index contributed by atoms with van der Waals surface area (Å²) in [7, 11) is 0. The normalized spacial score (nSPS) is 10.9. The van der Waals surface area contributed by atoms with E-state index < -0.39 is 0 Å². The molecule has 0 radical (unpaired) electrons. The summed E-state index contributed by atoms with van der Waals surface area (Å²) in [5.41, 5.74) is 3.56. The number of aromatic nitrogens is 2. The van der Waals surface area contributed by atoms with Crippen LogP contribution in [0.5, 0.6) is 0 Å². The number of rotatable bonds is 5. The zero-order valence-corrected chi connectivity index (χ0v) is 14.4. The number of benzene rings is 1. The molecule has 0 unspecified atom stereocenters. The van der Waals surface area contributed by atoms with Crippen molar-refractivity contribution in [1.29, 1.82) is 0 Å². The third-order valence-electron chi connectivity index (χ3n) is 2.92. The minimum atomic E-state index is -0.341. The van der Waals surface area contributed by atoms with E-state index in [4.69, 9.17) is 23.2 Å². The summed E-state index contributed by atoms with van der Waals surface area (Å²) in [6.07, 6.45) is 3.10. The molecule has 3 rings (SSSR count). The maximum Gasteiger partial charge on any atom is 0.287 e. The van der Waals surface area contributed by atoms with Crippen molar-refractivity contribution in [3.63, 3.8) is 0 Å². The fourth-order valence-electron chi connectivity index (χ4n) is 1.81. The SMILES string of the molecule is O=C(N/N=C/c1sc(Nc2ccccc2Cl)nc1Cl)c1ccc[nH]1. The molecule has 24 heavy (non-hydrogen) atoms. The molecule has 0 fully saturated rings. The number of carbonyl (C=O) groups excluding carboxylic acids is 1. The maximum absolute atomic E-state index is 11.7. The summed E-state index contributed by atoms with van der Waals surface area (Å²) in [6.45, 7) is 0. The Morgan fingerprint density at radius 1 is 1.25 bits per heavy atom. The van der Waals surface area contributed by atoms with E-state index in [1.54, 1.807) is 24.4 Å². The predicted octanol–water partition coefficient (Wildman–Crippen LogP) is 4.29. The molecule has 0 saturated carbocycles. The molecule has 6 nitrogen and oxygen atoms in total. The molecular formula is C15H11Cl2N5OS. The van der Waals surface area contributed by atoms with Crippen LogP contribution in [-0.2, 0) is 0 Å². The van der Waals surface area contributed by atoms with E-state index in [0.29, 0.717) is 20.7 Å². The number of anilines is 2. The third kappa shape index (κ3) is 3.94. The lowest BCUT2D eigenvalue weighted by atomic mass is 10.3. The minimum absolute atomic E-state index is 0.285. The van der Waals surface area contributed by atoms with E-state index in [-0.39, 0.29) is 11.1 Å². The van der Waals surface area contributed by atoms with Crippen molar-refractivity contribution < 1.29 is 4.79 Å². The van der Waals surface area contributed by atoms with Crippen LogP contribution < -0.4 is 10.7 Å². The largest absolute Gasteiger partial charge is 0.357 e. The number of carbonyl (C=O) groups is 1. The van der Waals surface area contributed by atoms with E-state index in [0.717, 1.165) is 5.69 Å². The van der Waals surface area contributed by atoms with Crippen LogP contribution in [0.25, 0.3) is 0 Å². The van der Waals surface area contributed by atoms with Gasteiger partial charge < -0.3 is 10.3 Å². The number of halogens is 2. The van der Waals surface area contributed by atoms with Gasteiger partial charge in [-0.25, -0.2) is 10.4 Å². The Morgan fingerprint density at radius 2 is 2.08 bits per heavy atom. The second kappa shape index (κ2) is 7.48. The van der Waals surface area contributed by atoms with Gasteiger partial charge in [0, 0.05) is 6.20 Å². The Kier molecular flexibility index (Phi) is 5.14. The van der Waals surface area contributed by atoms with E-state index >= 15 is 0 Å². The van der Waals surface area contributed by atoms with E-state index in [9.17, 15) is 4.79 Å². The highest BCUT2D eigenvalue weighted by atomic mass is 35.5. The molecular weight excluding hydrogens is 369 g/mol. The average molecular weight is 380 g/mol. The van der Waals surface area contributed by atoms with Gasteiger partial charge in [-0.3, -0.25) is 4.79 Å². The topological polar surface area (TPSA) is 82.2 Å². The number of nitrogens with one attached hydrogen (secondary N) is 3. The van der Waals surface area contributed by atoms with Crippen molar-refractivity contribution in [2.75, 3.05) is 5.32 Å². The highest BCUT2D eigenvalue weighted by Gasteiger charge is 2.09. The Hall–Kier alpha value is -2.35. The summed E-state index contributed by atoms with van der Waals surface area (Å²) in [4.78, 5) is 19.3. The smallest absolute Gasteiger partial charge is 0.287 e. The number of amides is 1. The Morgan fingerprint density at radius 3 is 2.83 bits per heavy atom. The third-order valence-corrected chi connectivity index (χ3v) is 4.55. The van der Waals surface area contributed by atoms with Gasteiger partial charge in [-0.1, -0.05) is 46.7 Å². The fraction of sp³-hybridized carbons (Fsp3) is 0. The highest BCUT2D eigenvalue weighted by molar-refractivity contribution is 7.17. The summed E-state index contributed by atoms with van der Waals surface area (Å²) < 4.78 is 0. The molecule has 9 heteroatoms. The van der Waals surface area contributed by atoms with E-state index in [1.165, 1.54) is 17.6 Å². The van der Waals surface area contributed by atoms with Gasteiger partial charge in [0.25, 0.3) is 5.91 Å². The van der Waals surface area contributed by atoms with Crippen molar-refractivity contribution in [2.24, 2.45) is 5.10 Å². The second-order valence-electron chi connectivity index (χ2n) is 4.56. The number of H-pyrrole nitrogens is 1. The lowest BCUT2D eigenvalue weighted by Gasteiger charge is -2.03. The first-order valence-corrected chi connectivity index (χ1v) is 8.35. The highest BCUT2D eigenvalue weighted by Crippen LogP contribution is 2.30. The van der Waals surface area contributed by atoms with Crippen molar-refractivity contribution in [3.8, 4) is 0 Å². The molecule has 0 aliphatic carbocycles. The molecule has 0 aliphatic rings. The lowest BCUT2D eigenvalue weighted by molar-refractivity contribution is 0.0951. The van der Waals surface area contributed by atoms with Gasteiger partial charge in [0.1, 0.15) is 5.69 Å². The van der Waals surface area contributed by atoms with Gasteiger partial charge in [0.15, 0.2) is 10.3 Å². The molecule has 3 N–H and O–H groups in total. The van der Waals surface area contributed by atoms with Crippen molar-refractivity contribution in [2.45, 2.75) is 0 Å². The van der Waals surface area contributed by atoms with Gasteiger partial charge in [-0.15, -0.1) is 0 Å². The van der Waals surface area contributed by atoms with E-state index in [1.807, 2.05) is 18.2 Å². The summed E-state index contributed by atoms with van der Waals surface area (Å²) in [5.74, 6) is -0.341. The second-order valence-corrected chi connectivity index (χ2v) is 6.36. The van der Waals surface area contributed by atoms with Crippen LogP contribution in [0.15, 0.2) is 47.7 Å². The molecule has 0 bridgehead atoms. The maximum atomic E-state index is 11.7. The minimum Gasteiger partial charge on any atom is -0.357 e. The lowest BCUT2D eigenvalue weighted by Crippen LogP contribution is -2.17. The van der Waals surface area contributed by atoms with Crippen LogP contribution >= 0.6 is 34.5 Å². The summed E-state index contributed by atoms with van der Waals surface area (Å²) in [6, 6.07) is 10.7. The molecule has 2 heterocycles. The quantitative estimate of drug-likeness (QED) is 0.456. The Balaban J connectivity index is 1.67. The molecule has 0 saturated heterocycles. The molecule has 0 spiro atoms. The number of aromatic amines is 1. The summed E-state index contributed by atoms with van der Waals surface area (Å²) >= 11 is 13.5. The first kappa shape index (κ1) is 16.5. The number of nitrogens with zero attached hydrogens (tertiary/aromatic N) is 2. The van der Waals surface area contributed by atoms with Crippen LogP contribution in [0.1, 0.15) is 15.4 Å². The fourth-order valence-corrected chi connectivity index (χ4v) is 3.03. The standard InChI is InChI=1S/C15H11Cl2N5OS/c16-9-4-1-2-5-10(9)20-15-21-13(17)12(24-15)8-19-22-14(23)11-6-3-7-18-11/h1-8,18H,(H,20,21)(H,22,23)/b19-8+. The molecule has 0 atom stereocenters. The van der Waals surface area contributed by atoms with Crippen LogP contribution in [0, 0.1) is 0 Å². The summed E-state index contributed by atoms with van der Waals surface area (Å²) in [5, 5.41) is 8.42. The number of para-hydroxylation sites is 1. The van der Waals surface area contributed by atoms with Crippen LogP contribution in [0.2, 0.25) is 10.2 Å². The average Bonchev–Trinajstić information content (AvgIpc) is 3.20. The zero-order valence-electron chi connectivity index (χ0n) is 12.1. The van der Waals surface area contributed by atoms with Gasteiger partial charge in [0.2, 0.25) is 0 Å². The van der Waals surface area contributed by atoms with Crippen molar-refractivity contribution in [1.82, 2.24) is 15.4 Å². The van der Waals surface area contributed by atoms with E-state index in [2.05, 4.69) is 25.8 Å². The zero-order chi connectivity index (χ0) is 16.9. The number of thiazole rings is 1.